The van der Waals surface area contributed by atoms with Gasteiger partial charge in [0, 0.05) is 38.4 Å². The third-order valence-electron chi connectivity index (χ3n) is 6.73. The average molecular weight is 439 g/mol. The third kappa shape index (κ3) is 4.16. The highest BCUT2D eigenvalue weighted by Gasteiger charge is 2.28. The highest BCUT2D eigenvalue weighted by atomic mass is 35.5. The number of aromatic amines is 1. The van der Waals surface area contributed by atoms with Gasteiger partial charge in [0.25, 0.3) is 0 Å². The van der Waals surface area contributed by atoms with Gasteiger partial charge in [-0.1, -0.05) is 17.7 Å². The molecule has 2 unspecified atom stereocenters. The second-order valence-corrected chi connectivity index (χ2v) is 9.39. The first-order valence-corrected chi connectivity index (χ1v) is 11.8. The molecule has 2 atom stereocenters. The smallest absolute Gasteiger partial charge is 0.124 e. The fourth-order valence-electron chi connectivity index (χ4n) is 4.96. The largest absolute Gasteiger partial charge is 0.367 e. The molecule has 31 heavy (non-hydrogen) atoms. The molecule has 2 N–H and O–H groups in total. The Morgan fingerprint density at radius 1 is 1.03 bits per heavy atom. The Morgan fingerprint density at radius 3 is 2.61 bits per heavy atom. The van der Waals surface area contributed by atoms with Crippen LogP contribution in [0.15, 0.2) is 36.5 Å². The molecule has 0 bridgehead atoms. The Kier molecular flexibility index (Phi) is 5.87. The van der Waals surface area contributed by atoms with Gasteiger partial charge in [0.05, 0.1) is 34.0 Å². The Morgan fingerprint density at radius 2 is 1.84 bits per heavy atom. The molecule has 0 saturated carbocycles. The van der Waals surface area contributed by atoms with Crippen LogP contribution in [0, 0.1) is 0 Å². The van der Waals surface area contributed by atoms with Crippen molar-refractivity contribution in [3.63, 3.8) is 0 Å². The van der Waals surface area contributed by atoms with E-state index in [-0.39, 0.29) is 12.1 Å². The number of benzene rings is 1. The van der Waals surface area contributed by atoms with Crippen LogP contribution in [0.5, 0.6) is 0 Å². The Labute approximate surface area is 189 Å². The lowest BCUT2D eigenvalue weighted by atomic mass is 9.96. The SMILES string of the molecule is CC(C)N1CCN(c2cccc3[nH]c(C4CCCC(c5ncccc5Cl)N4)nc23)CC1. The lowest BCUT2D eigenvalue weighted by Crippen LogP contribution is -2.48. The predicted molar refractivity (Wildman–Crippen MR) is 127 cm³/mol. The van der Waals surface area contributed by atoms with E-state index >= 15 is 0 Å². The molecule has 0 aliphatic carbocycles. The van der Waals surface area contributed by atoms with Crippen LogP contribution in [0.3, 0.4) is 0 Å². The highest BCUT2D eigenvalue weighted by Crippen LogP contribution is 2.35. The van der Waals surface area contributed by atoms with Gasteiger partial charge < -0.3 is 9.88 Å². The lowest BCUT2D eigenvalue weighted by molar-refractivity contribution is 0.209. The predicted octanol–water partition coefficient (Wildman–Crippen LogP) is 4.70. The number of fused-ring (bicyclic) bond motifs is 1. The van der Waals surface area contributed by atoms with Gasteiger partial charge in [-0.25, -0.2) is 4.98 Å². The van der Waals surface area contributed by atoms with Crippen LogP contribution in [0.1, 0.15) is 56.7 Å². The number of H-pyrrole nitrogens is 1. The van der Waals surface area contributed by atoms with Crippen LogP contribution in [0.25, 0.3) is 11.0 Å². The molecule has 1 aromatic carbocycles. The maximum atomic E-state index is 6.42. The van der Waals surface area contributed by atoms with Crippen LogP contribution >= 0.6 is 11.6 Å². The van der Waals surface area contributed by atoms with Crippen molar-refractivity contribution in [2.24, 2.45) is 0 Å². The summed E-state index contributed by atoms with van der Waals surface area (Å²) in [6.07, 6.45) is 5.04. The number of rotatable bonds is 4. The van der Waals surface area contributed by atoms with Crippen molar-refractivity contribution < 1.29 is 0 Å². The minimum absolute atomic E-state index is 0.157. The number of nitrogens with one attached hydrogen (secondary N) is 2. The summed E-state index contributed by atoms with van der Waals surface area (Å²) in [5.41, 5.74) is 4.37. The Bertz CT molecular complexity index is 1040. The van der Waals surface area contributed by atoms with E-state index in [1.165, 1.54) is 5.69 Å². The molecule has 0 radical (unpaired) electrons. The molecule has 164 valence electrons. The number of nitrogens with zero attached hydrogens (tertiary/aromatic N) is 4. The normalized spacial score (nSPS) is 23.0. The van der Waals surface area contributed by atoms with Crippen molar-refractivity contribution >= 4 is 28.3 Å². The summed E-state index contributed by atoms with van der Waals surface area (Å²) in [7, 11) is 0. The maximum Gasteiger partial charge on any atom is 0.124 e. The summed E-state index contributed by atoms with van der Waals surface area (Å²) >= 11 is 6.42. The van der Waals surface area contributed by atoms with Gasteiger partial charge in [-0.15, -0.1) is 0 Å². The summed E-state index contributed by atoms with van der Waals surface area (Å²) in [5, 5.41) is 4.47. The molecule has 6 nitrogen and oxygen atoms in total. The molecule has 7 heteroatoms. The van der Waals surface area contributed by atoms with E-state index in [0.717, 1.165) is 73.0 Å². The Balaban J connectivity index is 1.38. The summed E-state index contributed by atoms with van der Waals surface area (Å²) in [6.45, 7) is 8.84. The molecule has 5 rings (SSSR count). The number of hydrogen-bond acceptors (Lipinski definition) is 5. The van der Waals surface area contributed by atoms with Crippen molar-refractivity contribution in [1.29, 1.82) is 0 Å². The fraction of sp³-hybridized carbons (Fsp3) is 0.500. The van der Waals surface area contributed by atoms with Gasteiger partial charge in [-0.05, 0) is 57.4 Å². The number of anilines is 1. The summed E-state index contributed by atoms with van der Waals surface area (Å²) in [4.78, 5) is 18.2. The van der Waals surface area contributed by atoms with Crippen molar-refractivity contribution in [2.45, 2.75) is 51.2 Å². The molecule has 2 aliphatic heterocycles. The summed E-state index contributed by atoms with van der Waals surface area (Å²) < 4.78 is 0. The molecular weight excluding hydrogens is 408 g/mol. The van der Waals surface area contributed by atoms with Crippen molar-refractivity contribution in [3.05, 3.63) is 53.1 Å². The zero-order chi connectivity index (χ0) is 21.4. The molecular formula is C24H31ClN6. The van der Waals surface area contributed by atoms with E-state index in [0.29, 0.717) is 6.04 Å². The second kappa shape index (κ2) is 8.77. The van der Waals surface area contributed by atoms with Crippen molar-refractivity contribution in [1.82, 2.24) is 25.2 Å². The Hall–Kier alpha value is -2.15. The molecule has 2 aliphatic rings. The molecule has 2 saturated heterocycles. The zero-order valence-corrected chi connectivity index (χ0v) is 19.1. The second-order valence-electron chi connectivity index (χ2n) is 8.99. The molecule has 0 spiro atoms. The van der Waals surface area contributed by atoms with Crippen LogP contribution in [-0.4, -0.2) is 52.1 Å². The van der Waals surface area contributed by atoms with Crippen molar-refractivity contribution in [2.75, 3.05) is 31.1 Å². The van der Waals surface area contributed by atoms with E-state index in [2.05, 4.69) is 57.1 Å². The highest BCUT2D eigenvalue weighted by molar-refractivity contribution is 6.31. The number of imidazole rings is 1. The number of pyridine rings is 1. The molecule has 3 aromatic rings. The molecule has 0 amide bonds. The number of halogens is 1. The number of piperidine rings is 1. The number of hydrogen-bond donors (Lipinski definition) is 2. The van der Waals surface area contributed by atoms with Gasteiger partial charge in [0.2, 0.25) is 0 Å². The van der Waals surface area contributed by atoms with Crippen molar-refractivity contribution in [3.8, 4) is 0 Å². The lowest BCUT2D eigenvalue weighted by Gasteiger charge is -2.38. The summed E-state index contributed by atoms with van der Waals surface area (Å²) in [5.74, 6) is 1.01. The monoisotopic (exact) mass is 438 g/mol. The van der Waals surface area contributed by atoms with E-state index in [1.54, 1.807) is 0 Å². The standard InChI is InChI=1S/C24H31ClN6/c1-16(2)30-12-14-31(15-13-30)21-10-4-8-19-23(21)29-24(28-19)20-9-3-7-18(27-20)22-17(25)6-5-11-26-22/h4-6,8,10-11,16,18,20,27H,3,7,9,12-15H2,1-2H3,(H,28,29). The minimum Gasteiger partial charge on any atom is -0.367 e. The van der Waals surface area contributed by atoms with Gasteiger partial charge in [-0.2, -0.15) is 0 Å². The first kappa shape index (κ1) is 20.7. The fourth-order valence-corrected chi connectivity index (χ4v) is 5.21. The van der Waals surface area contributed by atoms with E-state index in [4.69, 9.17) is 16.6 Å². The topological polar surface area (TPSA) is 60.1 Å². The minimum atomic E-state index is 0.157. The maximum absolute atomic E-state index is 6.42. The zero-order valence-electron chi connectivity index (χ0n) is 18.3. The van der Waals surface area contributed by atoms with Crippen LogP contribution in [-0.2, 0) is 0 Å². The molecule has 4 heterocycles. The molecule has 2 aromatic heterocycles. The first-order chi connectivity index (χ1) is 15.1. The number of para-hydroxylation sites is 1. The number of aromatic nitrogens is 3. The van der Waals surface area contributed by atoms with E-state index in [1.807, 2.05) is 18.3 Å². The molecule has 2 fully saturated rings. The van der Waals surface area contributed by atoms with Gasteiger partial charge in [0.1, 0.15) is 11.3 Å². The van der Waals surface area contributed by atoms with Crippen LogP contribution in [0.4, 0.5) is 5.69 Å². The summed E-state index contributed by atoms with van der Waals surface area (Å²) in [6, 6.07) is 11.2. The van der Waals surface area contributed by atoms with Crippen LogP contribution in [0.2, 0.25) is 5.02 Å². The third-order valence-corrected chi connectivity index (χ3v) is 7.05. The van der Waals surface area contributed by atoms with Gasteiger partial charge >= 0.3 is 0 Å². The van der Waals surface area contributed by atoms with E-state index < -0.39 is 0 Å². The number of piperazine rings is 1. The van der Waals surface area contributed by atoms with E-state index in [9.17, 15) is 0 Å². The van der Waals surface area contributed by atoms with Gasteiger partial charge in [-0.3, -0.25) is 15.2 Å². The quantitative estimate of drug-likeness (QED) is 0.618. The van der Waals surface area contributed by atoms with Crippen LogP contribution < -0.4 is 10.2 Å². The van der Waals surface area contributed by atoms with Gasteiger partial charge in [0.15, 0.2) is 0 Å². The average Bonchev–Trinajstić information content (AvgIpc) is 3.24. The first-order valence-electron chi connectivity index (χ1n) is 11.4.